The van der Waals surface area contributed by atoms with Gasteiger partial charge < -0.3 is 5.32 Å². The van der Waals surface area contributed by atoms with Crippen molar-refractivity contribution in [3.8, 4) is 0 Å². The molecular formula is C14H23ClN2S. The molecule has 0 bridgehead atoms. The first kappa shape index (κ1) is 14.3. The molecule has 0 radical (unpaired) electrons. The molecule has 0 amide bonds. The lowest BCUT2D eigenvalue weighted by Crippen LogP contribution is -2.57. The van der Waals surface area contributed by atoms with Gasteiger partial charge in [-0.3, -0.25) is 4.90 Å². The van der Waals surface area contributed by atoms with Crippen LogP contribution in [0.15, 0.2) is 12.1 Å². The predicted octanol–water partition coefficient (Wildman–Crippen LogP) is 3.78. The van der Waals surface area contributed by atoms with Gasteiger partial charge in [0, 0.05) is 36.1 Å². The molecule has 3 atom stereocenters. The normalized spacial score (nSPS) is 27.7. The van der Waals surface area contributed by atoms with Gasteiger partial charge in [0.25, 0.3) is 0 Å². The Morgan fingerprint density at radius 1 is 1.39 bits per heavy atom. The van der Waals surface area contributed by atoms with Gasteiger partial charge in [-0.15, -0.1) is 11.3 Å². The fraction of sp³-hybridized carbons (Fsp3) is 0.714. The van der Waals surface area contributed by atoms with Gasteiger partial charge in [-0.1, -0.05) is 25.4 Å². The van der Waals surface area contributed by atoms with Crippen molar-refractivity contribution in [1.29, 1.82) is 0 Å². The fourth-order valence-corrected chi connectivity index (χ4v) is 3.75. The number of hydrogen-bond acceptors (Lipinski definition) is 3. The molecule has 1 aromatic rings. The van der Waals surface area contributed by atoms with Crippen LogP contribution in [-0.2, 0) is 0 Å². The number of halogens is 1. The van der Waals surface area contributed by atoms with Crippen LogP contribution >= 0.6 is 22.9 Å². The van der Waals surface area contributed by atoms with E-state index in [2.05, 4.69) is 44.0 Å². The molecular weight excluding hydrogens is 264 g/mol. The van der Waals surface area contributed by atoms with Crippen LogP contribution in [-0.4, -0.2) is 30.1 Å². The summed E-state index contributed by atoms with van der Waals surface area (Å²) in [6.45, 7) is 11.4. The van der Waals surface area contributed by atoms with Gasteiger partial charge in [0.05, 0.1) is 4.34 Å². The van der Waals surface area contributed by atoms with Crippen LogP contribution in [0, 0.1) is 5.92 Å². The van der Waals surface area contributed by atoms with Gasteiger partial charge in [0.15, 0.2) is 0 Å². The zero-order valence-electron chi connectivity index (χ0n) is 11.6. The number of hydrogen-bond donors (Lipinski definition) is 1. The van der Waals surface area contributed by atoms with Gasteiger partial charge >= 0.3 is 0 Å². The Morgan fingerprint density at radius 3 is 2.67 bits per heavy atom. The summed E-state index contributed by atoms with van der Waals surface area (Å²) in [5.41, 5.74) is 0. The van der Waals surface area contributed by atoms with Gasteiger partial charge in [0.2, 0.25) is 0 Å². The topological polar surface area (TPSA) is 15.3 Å². The Bertz CT molecular complexity index is 391. The minimum absolute atomic E-state index is 0.459. The summed E-state index contributed by atoms with van der Waals surface area (Å²) in [6.07, 6.45) is 0. The molecule has 2 nitrogen and oxygen atoms in total. The Hall–Kier alpha value is -0.0900. The van der Waals surface area contributed by atoms with E-state index in [0.29, 0.717) is 24.0 Å². The molecule has 0 spiro atoms. The molecule has 1 aliphatic rings. The number of piperazine rings is 1. The third-order valence-corrected chi connectivity index (χ3v) is 5.36. The average molecular weight is 287 g/mol. The molecule has 0 saturated carbocycles. The van der Waals surface area contributed by atoms with E-state index in [0.717, 1.165) is 17.4 Å². The minimum atomic E-state index is 0.459. The zero-order chi connectivity index (χ0) is 13.3. The monoisotopic (exact) mass is 286 g/mol. The van der Waals surface area contributed by atoms with E-state index in [1.165, 1.54) is 4.88 Å². The Labute approximate surface area is 119 Å². The van der Waals surface area contributed by atoms with Crippen LogP contribution in [0.5, 0.6) is 0 Å². The first-order chi connectivity index (χ1) is 8.49. The van der Waals surface area contributed by atoms with Crippen molar-refractivity contribution >= 4 is 22.9 Å². The average Bonchev–Trinajstić information content (AvgIpc) is 2.75. The van der Waals surface area contributed by atoms with Crippen molar-refractivity contribution < 1.29 is 0 Å². The molecule has 2 heterocycles. The maximum Gasteiger partial charge on any atom is 0.0931 e. The molecule has 1 fully saturated rings. The first-order valence-corrected chi connectivity index (χ1v) is 7.93. The zero-order valence-corrected chi connectivity index (χ0v) is 13.2. The van der Waals surface area contributed by atoms with E-state index in [4.69, 9.17) is 11.6 Å². The molecule has 0 aliphatic carbocycles. The summed E-state index contributed by atoms with van der Waals surface area (Å²) in [5.74, 6) is 0.680. The molecule has 1 aromatic heterocycles. The second kappa shape index (κ2) is 5.91. The molecule has 0 aromatic carbocycles. The largest absolute Gasteiger partial charge is 0.311 e. The summed E-state index contributed by atoms with van der Waals surface area (Å²) in [7, 11) is 0. The second-order valence-electron chi connectivity index (χ2n) is 5.62. The van der Waals surface area contributed by atoms with Crippen molar-refractivity contribution in [3.63, 3.8) is 0 Å². The molecule has 1 N–H and O–H groups in total. The Morgan fingerprint density at radius 2 is 2.11 bits per heavy atom. The van der Waals surface area contributed by atoms with Crippen molar-refractivity contribution in [1.82, 2.24) is 10.2 Å². The van der Waals surface area contributed by atoms with E-state index in [-0.39, 0.29) is 0 Å². The third kappa shape index (κ3) is 3.08. The SMILES string of the molecule is CC(C)C1CN(C(C)c2ccc(Cl)s2)C(C)CN1. The van der Waals surface area contributed by atoms with Gasteiger partial charge in [-0.05, 0) is 31.9 Å². The molecule has 1 aliphatic heterocycles. The number of nitrogens with zero attached hydrogens (tertiary/aromatic N) is 1. The number of rotatable bonds is 3. The lowest BCUT2D eigenvalue weighted by molar-refractivity contribution is 0.0866. The van der Waals surface area contributed by atoms with E-state index in [1.807, 2.05) is 6.07 Å². The van der Waals surface area contributed by atoms with E-state index < -0.39 is 0 Å². The Balaban J connectivity index is 2.10. The highest BCUT2D eigenvalue weighted by Gasteiger charge is 2.30. The van der Waals surface area contributed by atoms with Crippen LogP contribution in [0.1, 0.15) is 38.6 Å². The van der Waals surface area contributed by atoms with Gasteiger partial charge in [-0.2, -0.15) is 0 Å². The van der Waals surface area contributed by atoms with Crippen LogP contribution in [0.3, 0.4) is 0 Å². The summed E-state index contributed by atoms with van der Waals surface area (Å²) < 4.78 is 0.889. The summed E-state index contributed by atoms with van der Waals surface area (Å²) in [5, 5.41) is 3.65. The lowest BCUT2D eigenvalue weighted by Gasteiger charge is -2.43. The first-order valence-electron chi connectivity index (χ1n) is 6.73. The molecule has 2 rings (SSSR count). The predicted molar refractivity (Wildman–Crippen MR) is 80.5 cm³/mol. The molecule has 4 heteroatoms. The van der Waals surface area contributed by atoms with Crippen molar-refractivity contribution in [2.45, 2.75) is 45.8 Å². The maximum absolute atomic E-state index is 6.05. The summed E-state index contributed by atoms with van der Waals surface area (Å²) >= 11 is 7.75. The molecule has 102 valence electrons. The smallest absolute Gasteiger partial charge is 0.0931 e. The highest BCUT2D eigenvalue weighted by atomic mass is 35.5. The van der Waals surface area contributed by atoms with E-state index in [9.17, 15) is 0 Å². The van der Waals surface area contributed by atoms with Crippen LogP contribution in [0.4, 0.5) is 0 Å². The molecule has 3 unspecified atom stereocenters. The number of thiophene rings is 1. The van der Waals surface area contributed by atoms with Crippen molar-refractivity contribution in [2.75, 3.05) is 13.1 Å². The van der Waals surface area contributed by atoms with Crippen molar-refractivity contribution in [2.24, 2.45) is 5.92 Å². The third-order valence-electron chi connectivity index (χ3n) is 3.96. The molecule has 18 heavy (non-hydrogen) atoms. The second-order valence-corrected chi connectivity index (χ2v) is 7.37. The fourth-order valence-electron chi connectivity index (χ4n) is 2.61. The van der Waals surface area contributed by atoms with E-state index >= 15 is 0 Å². The van der Waals surface area contributed by atoms with Gasteiger partial charge in [-0.25, -0.2) is 0 Å². The van der Waals surface area contributed by atoms with Crippen molar-refractivity contribution in [3.05, 3.63) is 21.3 Å². The van der Waals surface area contributed by atoms with Crippen LogP contribution < -0.4 is 5.32 Å². The maximum atomic E-state index is 6.05. The highest BCUT2D eigenvalue weighted by Crippen LogP contribution is 2.32. The van der Waals surface area contributed by atoms with Gasteiger partial charge in [0.1, 0.15) is 0 Å². The number of nitrogens with one attached hydrogen (secondary N) is 1. The van der Waals surface area contributed by atoms with Crippen LogP contribution in [0.2, 0.25) is 4.34 Å². The molecule has 1 saturated heterocycles. The quantitative estimate of drug-likeness (QED) is 0.910. The standard InChI is InChI=1S/C14H23ClN2S/c1-9(2)12-8-17(10(3)7-16-12)11(4)13-5-6-14(15)18-13/h5-6,9-12,16H,7-8H2,1-4H3. The minimum Gasteiger partial charge on any atom is -0.311 e. The lowest BCUT2D eigenvalue weighted by atomic mass is 9.98. The summed E-state index contributed by atoms with van der Waals surface area (Å²) in [4.78, 5) is 3.97. The summed E-state index contributed by atoms with van der Waals surface area (Å²) in [6, 6.07) is 5.80. The highest BCUT2D eigenvalue weighted by molar-refractivity contribution is 7.16. The Kier molecular flexibility index (Phi) is 4.70. The van der Waals surface area contributed by atoms with E-state index in [1.54, 1.807) is 11.3 Å². The van der Waals surface area contributed by atoms with Crippen LogP contribution in [0.25, 0.3) is 0 Å².